The molecule has 0 aliphatic carbocycles. The molecule has 0 bridgehead atoms. The Morgan fingerprint density at radius 2 is 1.88 bits per heavy atom. The van der Waals surface area contributed by atoms with E-state index in [-0.39, 0.29) is 85.4 Å². The molecule has 11 heteroatoms. The molecule has 0 amide bonds. The van der Waals surface area contributed by atoms with Crippen LogP contribution in [0.5, 0.6) is 5.75 Å². The zero-order valence-electron chi connectivity index (χ0n) is 20.3. The Labute approximate surface area is 242 Å². The van der Waals surface area contributed by atoms with Gasteiger partial charge < -0.3 is 31.0 Å². The Morgan fingerprint density at radius 1 is 1.24 bits per heavy atom. The molecule has 1 saturated heterocycles. The third-order valence-corrected chi connectivity index (χ3v) is 5.77. The van der Waals surface area contributed by atoms with Crippen LogP contribution in [0.3, 0.4) is 0 Å². The van der Waals surface area contributed by atoms with Gasteiger partial charge in [0.25, 0.3) is 0 Å². The molecule has 1 aliphatic heterocycles. The molecule has 3 N–H and O–H groups in total. The van der Waals surface area contributed by atoms with E-state index < -0.39 is 0 Å². The second kappa shape index (κ2) is 11.1. The van der Waals surface area contributed by atoms with Crippen molar-refractivity contribution in [3.63, 3.8) is 0 Å². The molecule has 33 heavy (non-hydrogen) atoms. The monoisotopic (exact) mass is 496 g/mol. The molecule has 9 nitrogen and oxygen atoms in total. The first-order valence-corrected chi connectivity index (χ1v) is 10.8. The summed E-state index contributed by atoms with van der Waals surface area (Å²) in [6, 6.07) is 5.01. The minimum absolute atomic E-state index is 0. The van der Waals surface area contributed by atoms with Crippen LogP contribution in [0.15, 0.2) is 29.4 Å². The van der Waals surface area contributed by atoms with Gasteiger partial charge in [-0.1, -0.05) is 24.7 Å². The SMILES string of the molecule is C[N-]C(Cl)=NC(=N)c1ccc(-c2cnc(N(C)C3CC(C)(C)NC(C)(C)C3)nn2)c(O)c1.[K+]. The van der Waals surface area contributed by atoms with E-state index in [4.69, 9.17) is 17.0 Å². The number of halogens is 1. The van der Waals surface area contributed by atoms with Gasteiger partial charge in [-0.15, -0.1) is 10.2 Å². The van der Waals surface area contributed by atoms with Crippen LogP contribution in [0.25, 0.3) is 16.6 Å². The molecule has 1 aromatic heterocycles. The van der Waals surface area contributed by atoms with E-state index in [1.807, 2.05) is 7.05 Å². The third kappa shape index (κ3) is 7.17. The summed E-state index contributed by atoms with van der Waals surface area (Å²) in [6.07, 6.45) is 3.52. The molecule has 0 radical (unpaired) electrons. The second-order valence-electron chi connectivity index (χ2n) is 9.39. The van der Waals surface area contributed by atoms with Crippen molar-refractivity contribution in [1.29, 1.82) is 5.41 Å². The molecule has 0 unspecified atom stereocenters. The number of aliphatic imine (C=N–C) groups is 1. The maximum absolute atomic E-state index is 10.5. The first-order chi connectivity index (χ1) is 14.9. The predicted molar refractivity (Wildman–Crippen MR) is 129 cm³/mol. The number of hydrogen-bond donors (Lipinski definition) is 3. The Balaban J connectivity index is 0.00000385. The zero-order chi connectivity index (χ0) is 23.7. The van der Waals surface area contributed by atoms with Gasteiger partial charge >= 0.3 is 51.4 Å². The number of aromatic hydroxyl groups is 1. The fraction of sp³-hybridized carbons (Fsp3) is 0.500. The summed E-state index contributed by atoms with van der Waals surface area (Å²) in [5.74, 6) is 0.389. The standard InChI is InChI=1S/C22H30ClN8O.K/c1-21(2)10-14(11-22(3,4)30-21)31(6)20-26-12-16(28-29-20)15-8-7-13(9-17(15)32)18(24)27-19(23)25-5;/h7-9,12,14,30H,10-11H2,1-6H3,(H2-,24,25,27,28,32);/q-1;+1. The summed E-state index contributed by atoms with van der Waals surface area (Å²) in [7, 11) is 3.48. The van der Waals surface area contributed by atoms with Crippen molar-refractivity contribution >= 4 is 28.7 Å². The van der Waals surface area contributed by atoms with Crippen LogP contribution in [-0.2, 0) is 0 Å². The van der Waals surface area contributed by atoms with Crippen molar-refractivity contribution < 1.29 is 56.5 Å². The van der Waals surface area contributed by atoms with Crippen LogP contribution < -0.4 is 61.6 Å². The number of nitrogens with zero attached hydrogens (tertiary/aromatic N) is 6. The van der Waals surface area contributed by atoms with Crippen molar-refractivity contribution in [2.75, 3.05) is 19.0 Å². The van der Waals surface area contributed by atoms with E-state index >= 15 is 0 Å². The fourth-order valence-electron chi connectivity index (χ4n) is 4.36. The number of piperidine rings is 1. The molecule has 1 fully saturated rings. The average molecular weight is 497 g/mol. The van der Waals surface area contributed by atoms with Gasteiger partial charge in [0, 0.05) is 40.9 Å². The van der Waals surface area contributed by atoms with Crippen LogP contribution in [-0.4, -0.2) is 62.6 Å². The van der Waals surface area contributed by atoms with Gasteiger partial charge in [0.1, 0.15) is 11.4 Å². The fourth-order valence-corrected chi connectivity index (χ4v) is 4.45. The van der Waals surface area contributed by atoms with Crippen LogP contribution in [0.1, 0.15) is 46.1 Å². The van der Waals surface area contributed by atoms with Crippen molar-refractivity contribution in [3.8, 4) is 17.0 Å². The minimum atomic E-state index is -0.101. The van der Waals surface area contributed by atoms with Gasteiger partial charge in [0.05, 0.1) is 6.20 Å². The summed E-state index contributed by atoms with van der Waals surface area (Å²) >= 11 is 5.75. The summed E-state index contributed by atoms with van der Waals surface area (Å²) in [4.78, 5) is 10.4. The van der Waals surface area contributed by atoms with E-state index in [0.29, 0.717) is 22.8 Å². The number of nitrogens with one attached hydrogen (secondary N) is 2. The van der Waals surface area contributed by atoms with E-state index in [9.17, 15) is 5.11 Å². The number of benzene rings is 1. The third-order valence-electron chi connectivity index (χ3n) is 5.52. The van der Waals surface area contributed by atoms with Crippen LogP contribution in [0.4, 0.5) is 5.95 Å². The van der Waals surface area contributed by atoms with E-state index in [2.05, 4.69) is 63.4 Å². The first-order valence-electron chi connectivity index (χ1n) is 10.4. The molecule has 2 aromatic rings. The minimum Gasteiger partial charge on any atom is -0.507 e. The number of hydrogen-bond acceptors (Lipinski definition) is 7. The first kappa shape index (κ1) is 28.1. The van der Waals surface area contributed by atoms with Crippen molar-refractivity contribution in [2.45, 2.75) is 57.7 Å². The Kier molecular flexibility index (Phi) is 9.42. The molecule has 2 heterocycles. The van der Waals surface area contributed by atoms with Crippen LogP contribution in [0.2, 0.25) is 0 Å². The normalized spacial score (nSPS) is 17.7. The summed E-state index contributed by atoms with van der Waals surface area (Å²) in [6.45, 7) is 8.83. The van der Waals surface area contributed by atoms with Crippen LogP contribution in [0, 0.1) is 5.41 Å². The van der Waals surface area contributed by atoms with Crippen molar-refractivity contribution in [3.05, 3.63) is 35.3 Å². The molecular formula is C22H30ClKN8O. The summed E-state index contributed by atoms with van der Waals surface area (Å²) in [5, 5.41) is 34.4. The van der Waals surface area contributed by atoms with E-state index in [0.717, 1.165) is 12.8 Å². The topological polar surface area (TPSA) is 124 Å². The van der Waals surface area contributed by atoms with Gasteiger partial charge in [0.15, 0.2) is 0 Å². The number of phenolic OH excluding ortho intramolecular Hbond substituents is 1. The average Bonchev–Trinajstić information content (AvgIpc) is 2.71. The molecule has 1 aromatic carbocycles. The number of phenols is 1. The van der Waals surface area contributed by atoms with Gasteiger partial charge in [-0.3, -0.25) is 0 Å². The summed E-state index contributed by atoms with van der Waals surface area (Å²) < 4.78 is 0. The maximum Gasteiger partial charge on any atom is 1.00 e. The Bertz CT molecular complexity index is 1010. The predicted octanol–water partition coefficient (Wildman–Crippen LogP) is 0.917. The van der Waals surface area contributed by atoms with Gasteiger partial charge in [-0.05, 0) is 58.2 Å². The quantitative estimate of drug-likeness (QED) is 0.250. The maximum atomic E-state index is 10.5. The largest absolute Gasteiger partial charge is 1.00 e. The Morgan fingerprint density at radius 3 is 2.39 bits per heavy atom. The van der Waals surface area contributed by atoms with Crippen molar-refractivity contribution in [1.82, 2.24) is 20.5 Å². The molecule has 0 saturated carbocycles. The zero-order valence-corrected chi connectivity index (χ0v) is 24.2. The smallest absolute Gasteiger partial charge is 0.507 e. The molecule has 0 atom stereocenters. The van der Waals surface area contributed by atoms with Gasteiger partial charge in [0.2, 0.25) is 5.95 Å². The molecule has 1 aliphatic rings. The number of amidine groups is 2. The molecular weight excluding hydrogens is 467 g/mol. The Hall–Kier alpha value is -1.14. The number of rotatable bonds is 4. The van der Waals surface area contributed by atoms with Crippen LogP contribution >= 0.6 is 11.6 Å². The second-order valence-corrected chi connectivity index (χ2v) is 9.73. The molecule has 3 rings (SSSR count). The van der Waals surface area contributed by atoms with E-state index in [1.165, 1.54) is 13.1 Å². The van der Waals surface area contributed by atoms with Gasteiger partial charge in [-0.2, -0.15) is 0 Å². The number of anilines is 1. The summed E-state index contributed by atoms with van der Waals surface area (Å²) in [5.41, 5.74) is 1.33. The van der Waals surface area contributed by atoms with E-state index in [1.54, 1.807) is 18.3 Å². The molecule has 0 spiro atoms. The molecule has 172 valence electrons. The van der Waals surface area contributed by atoms with Gasteiger partial charge in [-0.25, -0.2) is 4.98 Å². The van der Waals surface area contributed by atoms with Crippen molar-refractivity contribution in [2.24, 2.45) is 4.99 Å². The number of aromatic nitrogens is 3.